The summed E-state index contributed by atoms with van der Waals surface area (Å²) in [7, 11) is 2.24. The monoisotopic (exact) mass is 216 g/mol. The van der Waals surface area contributed by atoms with Crippen molar-refractivity contribution in [2.45, 2.75) is 32.2 Å². The molecule has 0 saturated carbocycles. The number of thioether (sulfide) groups is 1. The van der Waals surface area contributed by atoms with Crippen LogP contribution in [0.3, 0.4) is 0 Å². The normalized spacial score (nSPS) is 21.9. The summed E-state index contributed by atoms with van der Waals surface area (Å²) in [6.45, 7) is 6.54. The molecule has 1 heterocycles. The molecule has 0 spiro atoms. The Kier molecular flexibility index (Phi) is 4.74. The molecule has 1 fully saturated rings. The summed E-state index contributed by atoms with van der Waals surface area (Å²) < 4.78 is 0. The van der Waals surface area contributed by atoms with Gasteiger partial charge in [0, 0.05) is 18.6 Å². The Balaban J connectivity index is 2.57. The molecule has 0 aromatic carbocycles. The molecule has 1 aliphatic heterocycles. The SMILES string of the molecule is CC(C)CN(C)C1(CN)CCSCC1. The highest BCUT2D eigenvalue weighted by atomic mass is 32.2. The molecule has 14 heavy (non-hydrogen) atoms. The molecule has 2 N–H and O–H groups in total. The van der Waals surface area contributed by atoms with E-state index in [1.54, 1.807) is 0 Å². The van der Waals surface area contributed by atoms with Gasteiger partial charge in [0.05, 0.1) is 0 Å². The zero-order chi connectivity index (χ0) is 10.6. The number of nitrogens with two attached hydrogens (primary N) is 1. The van der Waals surface area contributed by atoms with Crippen molar-refractivity contribution in [1.82, 2.24) is 4.90 Å². The minimum atomic E-state index is 0.301. The first-order valence-corrected chi connectivity index (χ1v) is 6.75. The summed E-state index contributed by atoms with van der Waals surface area (Å²) in [5.41, 5.74) is 6.27. The second-order valence-corrected chi connectivity index (χ2v) is 6.04. The highest BCUT2D eigenvalue weighted by molar-refractivity contribution is 7.99. The molecule has 0 atom stereocenters. The average molecular weight is 216 g/mol. The van der Waals surface area contributed by atoms with E-state index in [1.165, 1.54) is 30.9 Å². The van der Waals surface area contributed by atoms with Gasteiger partial charge in [-0.1, -0.05) is 13.8 Å². The Bertz CT molecular complexity index is 165. The average Bonchev–Trinajstić information content (AvgIpc) is 2.18. The second kappa shape index (κ2) is 5.38. The van der Waals surface area contributed by atoms with Gasteiger partial charge in [-0.3, -0.25) is 4.90 Å². The summed E-state index contributed by atoms with van der Waals surface area (Å²) in [6, 6.07) is 0. The van der Waals surface area contributed by atoms with Crippen LogP contribution in [0.1, 0.15) is 26.7 Å². The van der Waals surface area contributed by atoms with Gasteiger partial charge in [-0.2, -0.15) is 11.8 Å². The molecule has 2 nitrogen and oxygen atoms in total. The number of nitrogens with zero attached hydrogens (tertiary/aromatic N) is 1. The molecule has 1 aliphatic rings. The maximum Gasteiger partial charge on any atom is 0.0344 e. The maximum atomic E-state index is 5.96. The van der Waals surface area contributed by atoms with E-state index in [1.807, 2.05) is 0 Å². The van der Waals surface area contributed by atoms with Crippen molar-refractivity contribution in [2.24, 2.45) is 11.7 Å². The number of hydrogen-bond acceptors (Lipinski definition) is 3. The quantitative estimate of drug-likeness (QED) is 0.777. The molecule has 0 aromatic rings. The van der Waals surface area contributed by atoms with Crippen molar-refractivity contribution in [3.05, 3.63) is 0 Å². The summed E-state index contributed by atoms with van der Waals surface area (Å²) >= 11 is 2.07. The molecule has 0 aromatic heterocycles. The fourth-order valence-electron chi connectivity index (χ4n) is 2.23. The van der Waals surface area contributed by atoms with E-state index < -0.39 is 0 Å². The Morgan fingerprint density at radius 1 is 1.36 bits per heavy atom. The van der Waals surface area contributed by atoms with Gasteiger partial charge in [-0.25, -0.2) is 0 Å². The predicted octanol–water partition coefficient (Wildman–Crippen LogP) is 1.80. The highest BCUT2D eigenvalue weighted by Crippen LogP contribution is 2.31. The van der Waals surface area contributed by atoms with Crippen LogP contribution < -0.4 is 5.73 Å². The Labute approximate surface area is 92.6 Å². The highest BCUT2D eigenvalue weighted by Gasteiger charge is 2.34. The Morgan fingerprint density at radius 3 is 2.36 bits per heavy atom. The van der Waals surface area contributed by atoms with Crippen LogP contribution in [0.25, 0.3) is 0 Å². The molecule has 1 rings (SSSR count). The number of rotatable bonds is 4. The van der Waals surface area contributed by atoms with Gasteiger partial charge in [0.1, 0.15) is 0 Å². The molecule has 0 aliphatic carbocycles. The fraction of sp³-hybridized carbons (Fsp3) is 1.00. The van der Waals surface area contributed by atoms with E-state index in [4.69, 9.17) is 5.73 Å². The maximum absolute atomic E-state index is 5.96. The van der Waals surface area contributed by atoms with Crippen LogP contribution in [-0.4, -0.2) is 42.1 Å². The number of likely N-dealkylation sites (N-methyl/N-ethyl adjacent to an activating group) is 1. The third-order valence-electron chi connectivity index (χ3n) is 3.25. The lowest BCUT2D eigenvalue weighted by atomic mass is 9.90. The van der Waals surface area contributed by atoms with Gasteiger partial charge in [0.15, 0.2) is 0 Å². The van der Waals surface area contributed by atoms with E-state index in [9.17, 15) is 0 Å². The second-order valence-electron chi connectivity index (χ2n) is 4.82. The predicted molar refractivity (Wildman–Crippen MR) is 65.8 cm³/mol. The summed E-state index contributed by atoms with van der Waals surface area (Å²) in [6.07, 6.45) is 2.52. The van der Waals surface area contributed by atoms with Gasteiger partial charge in [0.2, 0.25) is 0 Å². The van der Waals surface area contributed by atoms with E-state index in [0.29, 0.717) is 5.54 Å². The molecular formula is C11H24N2S. The number of hydrogen-bond donors (Lipinski definition) is 1. The molecule has 0 amide bonds. The van der Waals surface area contributed by atoms with E-state index in [0.717, 1.165) is 12.5 Å². The van der Waals surface area contributed by atoms with Crippen LogP contribution >= 0.6 is 11.8 Å². The topological polar surface area (TPSA) is 29.3 Å². The first kappa shape index (κ1) is 12.3. The first-order chi connectivity index (χ1) is 6.60. The van der Waals surface area contributed by atoms with Crippen LogP contribution in [0.2, 0.25) is 0 Å². The lowest BCUT2D eigenvalue weighted by Crippen LogP contribution is -2.55. The minimum absolute atomic E-state index is 0.301. The van der Waals surface area contributed by atoms with Crippen LogP contribution in [0.4, 0.5) is 0 Å². The van der Waals surface area contributed by atoms with Gasteiger partial charge >= 0.3 is 0 Å². The summed E-state index contributed by atoms with van der Waals surface area (Å²) in [5, 5.41) is 0. The third kappa shape index (κ3) is 2.88. The molecule has 3 heteroatoms. The molecule has 1 saturated heterocycles. The van der Waals surface area contributed by atoms with Crippen LogP contribution in [0, 0.1) is 5.92 Å². The zero-order valence-electron chi connectivity index (χ0n) is 9.75. The molecule has 0 unspecified atom stereocenters. The first-order valence-electron chi connectivity index (χ1n) is 5.60. The van der Waals surface area contributed by atoms with Crippen molar-refractivity contribution in [3.8, 4) is 0 Å². The van der Waals surface area contributed by atoms with Crippen LogP contribution in [0.15, 0.2) is 0 Å². The third-order valence-corrected chi connectivity index (χ3v) is 4.24. The molecule has 0 bridgehead atoms. The summed E-state index contributed by atoms with van der Waals surface area (Å²) in [4.78, 5) is 2.50. The van der Waals surface area contributed by atoms with Crippen molar-refractivity contribution in [2.75, 3.05) is 31.6 Å². The standard InChI is InChI=1S/C11H24N2S/c1-10(2)8-13(3)11(9-12)4-6-14-7-5-11/h10H,4-9,12H2,1-3H3. The fourth-order valence-corrected chi connectivity index (χ4v) is 3.49. The molecule has 0 radical (unpaired) electrons. The lowest BCUT2D eigenvalue weighted by Gasteiger charge is -2.44. The smallest absolute Gasteiger partial charge is 0.0344 e. The van der Waals surface area contributed by atoms with E-state index in [-0.39, 0.29) is 0 Å². The van der Waals surface area contributed by atoms with Gasteiger partial charge < -0.3 is 5.73 Å². The molecule has 84 valence electrons. The van der Waals surface area contributed by atoms with Gasteiger partial charge in [-0.05, 0) is 37.3 Å². The van der Waals surface area contributed by atoms with E-state index >= 15 is 0 Å². The van der Waals surface area contributed by atoms with E-state index in [2.05, 4.69) is 37.6 Å². The Hall–Kier alpha value is 0.270. The Morgan fingerprint density at radius 2 is 1.93 bits per heavy atom. The van der Waals surface area contributed by atoms with Crippen LogP contribution in [0.5, 0.6) is 0 Å². The summed E-state index contributed by atoms with van der Waals surface area (Å²) in [5.74, 6) is 3.29. The van der Waals surface area contributed by atoms with Crippen molar-refractivity contribution in [1.29, 1.82) is 0 Å². The van der Waals surface area contributed by atoms with Crippen LogP contribution in [-0.2, 0) is 0 Å². The van der Waals surface area contributed by atoms with Crippen molar-refractivity contribution >= 4 is 11.8 Å². The zero-order valence-corrected chi connectivity index (χ0v) is 10.6. The molecular weight excluding hydrogens is 192 g/mol. The van der Waals surface area contributed by atoms with Crippen molar-refractivity contribution in [3.63, 3.8) is 0 Å². The largest absolute Gasteiger partial charge is 0.329 e. The van der Waals surface area contributed by atoms with Gasteiger partial charge in [-0.15, -0.1) is 0 Å². The van der Waals surface area contributed by atoms with Gasteiger partial charge in [0.25, 0.3) is 0 Å². The lowest BCUT2D eigenvalue weighted by molar-refractivity contribution is 0.102. The van der Waals surface area contributed by atoms with Crippen molar-refractivity contribution < 1.29 is 0 Å². The minimum Gasteiger partial charge on any atom is -0.329 e.